The van der Waals surface area contributed by atoms with Crippen molar-refractivity contribution in [1.82, 2.24) is 9.80 Å². The number of likely N-dealkylation sites (tertiary alicyclic amines) is 1. The van der Waals surface area contributed by atoms with Gasteiger partial charge in [0.25, 0.3) is 0 Å². The van der Waals surface area contributed by atoms with Crippen LogP contribution in [0.3, 0.4) is 0 Å². The first-order valence-corrected chi connectivity index (χ1v) is 9.26. The van der Waals surface area contributed by atoms with Crippen LogP contribution in [0, 0.1) is 11.2 Å². The van der Waals surface area contributed by atoms with E-state index in [9.17, 15) is 14.0 Å². The van der Waals surface area contributed by atoms with Crippen molar-refractivity contribution in [3.8, 4) is 0 Å². The van der Waals surface area contributed by atoms with Gasteiger partial charge in [-0.2, -0.15) is 0 Å². The summed E-state index contributed by atoms with van der Waals surface area (Å²) in [6, 6.07) is 6.26. The number of amides is 1. The summed E-state index contributed by atoms with van der Waals surface area (Å²) in [4.78, 5) is 28.7. The molecule has 2 heterocycles. The van der Waals surface area contributed by atoms with E-state index < -0.39 is 5.41 Å². The lowest BCUT2D eigenvalue weighted by Crippen LogP contribution is -2.45. The van der Waals surface area contributed by atoms with Gasteiger partial charge in [0.05, 0.1) is 5.41 Å². The van der Waals surface area contributed by atoms with Crippen molar-refractivity contribution in [2.24, 2.45) is 5.41 Å². The molecule has 0 aromatic heterocycles. The summed E-state index contributed by atoms with van der Waals surface area (Å²) in [5.41, 5.74) is 0.549. The van der Waals surface area contributed by atoms with Crippen molar-refractivity contribution in [3.63, 3.8) is 0 Å². The molecular weight excluding hydrogens is 335 g/mol. The molecule has 3 rings (SSSR count). The van der Waals surface area contributed by atoms with Crippen molar-refractivity contribution in [2.45, 2.75) is 38.2 Å². The average molecular weight is 362 g/mol. The number of rotatable bonds is 5. The third kappa shape index (κ3) is 4.23. The van der Waals surface area contributed by atoms with E-state index in [1.807, 2.05) is 23.9 Å². The number of esters is 1. The van der Waals surface area contributed by atoms with Crippen LogP contribution in [0.4, 0.5) is 4.39 Å². The van der Waals surface area contributed by atoms with Gasteiger partial charge in [0, 0.05) is 32.5 Å². The number of carbonyl (C=O) groups is 2. The Kier molecular flexibility index (Phi) is 5.61. The number of aryl methyl sites for hydroxylation is 1. The summed E-state index contributed by atoms with van der Waals surface area (Å²) in [5.74, 6) is -0.263. The monoisotopic (exact) mass is 362 g/mol. The maximum absolute atomic E-state index is 12.9. The van der Waals surface area contributed by atoms with Gasteiger partial charge in [-0.25, -0.2) is 4.39 Å². The minimum absolute atomic E-state index is 0.0433. The molecule has 5 nitrogen and oxygen atoms in total. The van der Waals surface area contributed by atoms with Crippen molar-refractivity contribution in [3.05, 3.63) is 35.6 Å². The number of cyclic esters (lactones) is 1. The van der Waals surface area contributed by atoms with Gasteiger partial charge in [-0.15, -0.1) is 0 Å². The first-order chi connectivity index (χ1) is 12.4. The standard InChI is InChI=1S/C20H27FN2O3/c1-22(2)14-17-13-20(19(25)26-17)9-11-23(12-10-20)18(24)8-5-15-3-6-16(21)7-4-15/h3-4,6-7,17H,5,8-14H2,1-2H3. The van der Waals surface area contributed by atoms with Gasteiger partial charge < -0.3 is 14.5 Å². The van der Waals surface area contributed by atoms with Crippen LogP contribution in [0.2, 0.25) is 0 Å². The van der Waals surface area contributed by atoms with E-state index in [-0.39, 0.29) is 23.8 Å². The number of hydrogen-bond acceptors (Lipinski definition) is 4. The third-order valence-electron chi connectivity index (χ3n) is 5.51. The highest BCUT2D eigenvalue weighted by atomic mass is 19.1. The molecule has 26 heavy (non-hydrogen) atoms. The molecule has 2 fully saturated rings. The lowest BCUT2D eigenvalue weighted by molar-refractivity contribution is -0.152. The fourth-order valence-corrected chi connectivity index (χ4v) is 4.00. The Morgan fingerprint density at radius 2 is 1.92 bits per heavy atom. The Bertz CT molecular complexity index is 652. The number of hydrogen-bond donors (Lipinski definition) is 0. The van der Waals surface area contributed by atoms with E-state index in [0.29, 0.717) is 38.8 Å². The van der Waals surface area contributed by atoms with E-state index in [1.54, 1.807) is 12.1 Å². The van der Waals surface area contributed by atoms with Crippen LogP contribution in [0.1, 0.15) is 31.2 Å². The largest absolute Gasteiger partial charge is 0.461 e. The zero-order valence-electron chi connectivity index (χ0n) is 15.5. The van der Waals surface area contributed by atoms with Gasteiger partial charge in [0.15, 0.2) is 0 Å². The van der Waals surface area contributed by atoms with Crippen LogP contribution in [-0.4, -0.2) is 61.5 Å². The molecule has 1 aromatic carbocycles. The zero-order chi connectivity index (χ0) is 18.7. The Balaban J connectivity index is 1.49. The van der Waals surface area contributed by atoms with Crippen LogP contribution in [0.5, 0.6) is 0 Å². The molecular formula is C20H27FN2O3. The number of nitrogens with zero attached hydrogens (tertiary/aromatic N) is 2. The van der Waals surface area contributed by atoms with E-state index in [0.717, 1.165) is 18.5 Å². The molecule has 1 spiro atoms. The Morgan fingerprint density at radius 3 is 2.54 bits per heavy atom. The number of ether oxygens (including phenoxy) is 1. The molecule has 0 saturated carbocycles. The topological polar surface area (TPSA) is 49.9 Å². The van der Waals surface area contributed by atoms with Gasteiger partial charge in [-0.1, -0.05) is 12.1 Å². The third-order valence-corrected chi connectivity index (χ3v) is 5.51. The van der Waals surface area contributed by atoms with Crippen molar-refractivity contribution in [1.29, 1.82) is 0 Å². The van der Waals surface area contributed by atoms with E-state index in [4.69, 9.17) is 4.74 Å². The highest BCUT2D eigenvalue weighted by molar-refractivity contribution is 5.80. The van der Waals surface area contributed by atoms with Crippen LogP contribution in [0.25, 0.3) is 0 Å². The van der Waals surface area contributed by atoms with E-state index >= 15 is 0 Å². The molecule has 1 unspecified atom stereocenters. The minimum atomic E-state index is -0.408. The molecule has 2 aliphatic rings. The van der Waals surface area contributed by atoms with Gasteiger partial charge in [0.1, 0.15) is 11.9 Å². The van der Waals surface area contributed by atoms with Crippen molar-refractivity contribution < 1.29 is 18.7 Å². The van der Waals surface area contributed by atoms with Gasteiger partial charge in [-0.3, -0.25) is 9.59 Å². The molecule has 1 atom stereocenters. The first-order valence-electron chi connectivity index (χ1n) is 9.26. The highest BCUT2D eigenvalue weighted by Crippen LogP contribution is 2.43. The Labute approximate surface area is 154 Å². The second-order valence-electron chi connectivity index (χ2n) is 7.78. The molecule has 142 valence electrons. The molecule has 6 heteroatoms. The number of carbonyl (C=O) groups excluding carboxylic acids is 2. The average Bonchev–Trinajstić information content (AvgIpc) is 2.89. The Morgan fingerprint density at radius 1 is 1.27 bits per heavy atom. The molecule has 2 aliphatic heterocycles. The maximum Gasteiger partial charge on any atom is 0.312 e. The van der Waals surface area contributed by atoms with Crippen molar-refractivity contribution in [2.75, 3.05) is 33.7 Å². The second-order valence-corrected chi connectivity index (χ2v) is 7.78. The number of halogens is 1. The van der Waals surface area contributed by atoms with Crippen LogP contribution in [-0.2, 0) is 20.7 Å². The van der Waals surface area contributed by atoms with Gasteiger partial charge >= 0.3 is 5.97 Å². The van der Waals surface area contributed by atoms with Crippen LogP contribution >= 0.6 is 0 Å². The fourth-order valence-electron chi connectivity index (χ4n) is 4.00. The number of likely N-dealkylation sites (N-methyl/N-ethyl adjacent to an activating group) is 1. The number of benzene rings is 1. The van der Waals surface area contributed by atoms with Gasteiger partial charge in [-0.05, 0) is 51.1 Å². The van der Waals surface area contributed by atoms with Crippen LogP contribution < -0.4 is 0 Å². The molecule has 0 radical (unpaired) electrons. The van der Waals surface area contributed by atoms with Gasteiger partial charge in [0.2, 0.25) is 5.91 Å². The zero-order valence-corrected chi connectivity index (χ0v) is 15.5. The summed E-state index contributed by atoms with van der Waals surface area (Å²) in [6.45, 7) is 1.95. The smallest absolute Gasteiger partial charge is 0.312 e. The lowest BCUT2D eigenvalue weighted by atomic mass is 9.76. The summed E-state index contributed by atoms with van der Waals surface area (Å²) in [5, 5.41) is 0. The first kappa shape index (κ1) is 18.8. The lowest BCUT2D eigenvalue weighted by Gasteiger charge is -2.36. The maximum atomic E-state index is 12.9. The minimum Gasteiger partial charge on any atom is -0.461 e. The molecule has 0 N–H and O–H groups in total. The normalized spacial score (nSPS) is 22.1. The molecule has 0 bridgehead atoms. The summed E-state index contributed by atoms with van der Waals surface area (Å²) in [7, 11) is 3.95. The molecule has 1 amide bonds. The quantitative estimate of drug-likeness (QED) is 0.754. The SMILES string of the molecule is CN(C)CC1CC2(CCN(C(=O)CCc3ccc(F)cc3)CC2)C(=O)O1. The predicted octanol–water partition coefficient (Wildman–Crippen LogP) is 2.24. The van der Waals surface area contributed by atoms with Crippen molar-refractivity contribution >= 4 is 11.9 Å². The highest BCUT2D eigenvalue weighted by Gasteiger charge is 2.50. The van der Waals surface area contributed by atoms with E-state index in [2.05, 4.69) is 0 Å². The summed E-state index contributed by atoms with van der Waals surface area (Å²) in [6.07, 6.45) is 3.08. The second kappa shape index (κ2) is 7.74. The molecule has 1 aromatic rings. The van der Waals surface area contributed by atoms with E-state index in [1.165, 1.54) is 12.1 Å². The Hall–Kier alpha value is -1.95. The van der Waals surface area contributed by atoms with Crippen LogP contribution in [0.15, 0.2) is 24.3 Å². The number of piperidine rings is 1. The summed E-state index contributed by atoms with van der Waals surface area (Å²) >= 11 is 0. The summed E-state index contributed by atoms with van der Waals surface area (Å²) < 4.78 is 18.5. The molecule has 0 aliphatic carbocycles. The molecule has 2 saturated heterocycles. The predicted molar refractivity (Wildman–Crippen MR) is 96.0 cm³/mol. The fraction of sp³-hybridized carbons (Fsp3) is 0.600.